The molecule has 118 valence electrons. The van der Waals surface area contributed by atoms with Crippen molar-refractivity contribution in [2.45, 2.75) is 83.8 Å². The van der Waals surface area contributed by atoms with Gasteiger partial charge in [0.1, 0.15) is 0 Å². The maximum atomic E-state index is 4.22. The van der Waals surface area contributed by atoms with E-state index < -0.39 is 0 Å². The predicted molar refractivity (Wildman–Crippen MR) is 87.2 cm³/mol. The van der Waals surface area contributed by atoms with Crippen molar-refractivity contribution in [2.24, 2.45) is 11.3 Å². The molecule has 2 aliphatic rings. The van der Waals surface area contributed by atoms with Gasteiger partial charge >= 0.3 is 0 Å². The summed E-state index contributed by atoms with van der Waals surface area (Å²) in [5.41, 5.74) is 0.484. The topological polar surface area (TPSA) is 29.9 Å². The van der Waals surface area contributed by atoms with Crippen molar-refractivity contribution in [1.82, 2.24) is 14.9 Å². The fraction of sp³-hybridized carbons (Fsp3) is 0.833. The molecule has 2 saturated carbocycles. The molecule has 2 aliphatic carbocycles. The van der Waals surface area contributed by atoms with Crippen molar-refractivity contribution >= 4 is 0 Å². The Hall–Kier alpha value is -0.830. The van der Waals surface area contributed by atoms with Crippen LogP contribution in [0, 0.1) is 11.3 Å². The highest BCUT2D eigenvalue weighted by Crippen LogP contribution is 2.38. The van der Waals surface area contributed by atoms with Gasteiger partial charge in [-0.1, -0.05) is 20.8 Å². The average molecular weight is 289 g/mol. The molecule has 0 aliphatic heterocycles. The normalized spacial score (nSPS) is 34.2. The molecule has 2 atom stereocenters. The van der Waals surface area contributed by atoms with E-state index in [0.717, 1.165) is 12.0 Å². The summed E-state index contributed by atoms with van der Waals surface area (Å²) in [6.07, 6.45) is 15.5. The zero-order chi connectivity index (χ0) is 14.9. The Labute approximate surface area is 129 Å². The molecule has 0 spiro atoms. The van der Waals surface area contributed by atoms with Gasteiger partial charge in [-0.3, -0.25) is 0 Å². The summed E-state index contributed by atoms with van der Waals surface area (Å²) in [5.74, 6) is 0.906. The van der Waals surface area contributed by atoms with Crippen LogP contribution in [0.1, 0.15) is 71.8 Å². The Kier molecular flexibility index (Phi) is 4.39. The van der Waals surface area contributed by atoms with Gasteiger partial charge in [-0.05, 0) is 56.3 Å². The Morgan fingerprint density at radius 3 is 2.43 bits per heavy atom. The fourth-order valence-electron chi connectivity index (χ4n) is 4.39. The zero-order valence-electron chi connectivity index (χ0n) is 13.9. The predicted octanol–water partition coefficient (Wildman–Crippen LogP) is 4.17. The SMILES string of the molecule is CC(C)(C)C1CCC(NC2CCCC2n2ccnc2)CC1. The van der Waals surface area contributed by atoms with Gasteiger partial charge < -0.3 is 9.88 Å². The lowest BCUT2D eigenvalue weighted by Crippen LogP contribution is -2.43. The van der Waals surface area contributed by atoms with Crippen molar-refractivity contribution in [3.63, 3.8) is 0 Å². The van der Waals surface area contributed by atoms with Gasteiger partial charge in [0.2, 0.25) is 0 Å². The van der Waals surface area contributed by atoms with E-state index in [9.17, 15) is 0 Å². The highest BCUT2D eigenvalue weighted by molar-refractivity contribution is 4.94. The molecule has 21 heavy (non-hydrogen) atoms. The molecular formula is C18H31N3. The molecule has 0 aromatic carbocycles. The van der Waals surface area contributed by atoms with Crippen LogP contribution in [0.25, 0.3) is 0 Å². The smallest absolute Gasteiger partial charge is 0.0949 e. The largest absolute Gasteiger partial charge is 0.333 e. The van der Waals surface area contributed by atoms with Crippen molar-refractivity contribution < 1.29 is 0 Å². The van der Waals surface area contributed by atoms with Crippen LogP contribution in [0.5, 0.6) is 0 Å². The van der Waals surface area contributed by atoms with Crippen LogP contribution >= 0.6 is 0 Å². The van der Waals surface area contributed by atoms with Crippen LogP contribution in [0.2, 0.25) is 0 Å². The standard InChI is InChI=1S/C18H31N3/c1-18(2,3)14-7-9-15(10-8-14)20-16-5-4-6-17(16)21-12-11-19-13-21/h11-17,20H,4-10H2,1-3H3. The van der Waals surface area contributed by atoms with Gasteiger partial charge in [0.05, 0.1) is 6.33 Å². The third-order valence-electron chi connectivity index (χ3n) is 5.79. The quantitative estimate of drug-likeness (QED) is 0.905. The third-order valence-corrected chi connectivity index (χ3v) is 5.79. The molecule has 0 amide bonds. The summed E-state index contributed by atoms with van der Waals surface area (Å²) in [4.78, 5) is 4.22. The van der Waals surface area contributed by atoms with E-state index in [2.05, 4.69) is 41.8 Å². The van der Waals surface area contributed by atoms with Gasteiger partial charge in [-0.2, -0.15) is 0 Å². The minimum Gasteiger partial charge on any atom is -0.333 e. The molecule has 1 aromatic rings. The molecule has 2 unspecified atom stereocenters. The maximum absolute atomic E-state index is 4.22. The number of nitrogens with zero attached hydrogens (tertiary/aromatic N) is 2. The summed E-state index contributed by atoms with van der Waals surface area (Å²) in [7, 11) is 0. The number of rotatable bonds is 3. The van der Waals surface area contributed by atoms with Crippen LogP contribution in [0.3, 0.4) is 0 Å². The van der Waals surface area contributed by atoms with Gasteiger partial charge in [0.15, 0.2) is 0 Å². The van der Waals surface area contributed by atoms with E-state index >= 15 is 0 Å². The summed E-state index contributed by atoms with van der Waals surface area (Å²) in [6, 6.07) is 2.00. The van der Waals surface area contributed by atoms with Crippen molar-refractivity contribution in [1.29, 1.82) is 0 Å². The first kappa shape index (κ1) is 15.1. The molecule has 0 saturated heterocycles. The number of hydrogen-bond donors (Lipinski definition) is 1. The van der Waals surface area contributed by atoms with E-state index in [4.69, 9.17) is 0 Å². The molecule has 1 N–H and O–H groups in total. The first-order valence-electron chi connectivity index (χ1n) is 8.77. The van der Waals surface area contributed by atoms with Crippen LogP contribution in [0.4, 0.5) is 0 Å². The van der Waals surface area contributed by atoms with Crippen LogP contribution in [0.15, 0.2) is 18.7 Å². The Morgan fingerprint density at radius 2 is 1.81 bits per heavy atom. The first-order valence-corrected chi connectivity index (χ1v) is 8.77. The second-order valence-electron chi connectivity index (χ2n) is 8.20. The van der Waals surface area contributed by atoms with E-state index in [1.165, 1.54) is 44.9 Å². The number of imidazole rings is 1. The van der Waals surface area contributed by atoms with Crippen molar-refractivity contribution in [3.8, 4) is 0 Å². The minimum absolute atomic E-state index is 0.484. The monoisotopic (exact) mass is 289 g/mol. The highest BCUT2D eigenvalue weighted by Gasteiger charge is 2.33. The van der Waals surface area contributed by atoms with E-state index in [-0.39, 0.29) is 0 Å². The second-order valence-corrected chi connectivity index (χ2v) is 8.20. The molecule has 0 radical (unpaired) electrons. The van der Waals surface area contributed by atoms with Gasteiger partial charge in [-0.15, -0.1) is 0 Å². The molecular weight excluding hydrogens is 258 g/mol. The number of nitrogens with one attached hydrogen (secondary N) is 1. The van der Waals surface area contributed by atoms with E-state index in [1.807, 2.05) is 12.5 Å². The number of hydrogen-bond acceptors (Lipinski definition) is 2. The van der Waals surface area contributed by atoms with Gasteiger partial charge in [0, 0.05) is 30.5 Å². The van der Waals surface area contributed by atoms with Crippen molar-refractivity contribution in [3.05, 3.63) is 18.7 Å². The molecule has 0 bridgehead atoms. The summed E-state index contributed by atoms with van der Waals surface area (Å²) in [5, 5.41) is 3.98. The second kappa shape index (κ2) is 6.12. The summed E-state index contributed by atoms with van der Waals surface area (Å²) >= 11 is 0. The molecule has 2 fully saturated rings. The van der Waals surface area contributed by atoms with E-state index in [0.29, 0.717) is 17.5 Å². The van der Waals surface area contributed by atoms with Crippen LogP contribution in [-0.4, -0.2) is 21.6 Å². The third kappa shape index (κ3) is 3.50. The zero-order valence-corrected chi connectivity index (χ0v) is 13.9. The molecule has 1 aromatic heterocycles. The lowest BCUT2D eigenvalue weighted by molar-refractivity contribution is 0.153. The fourth-order valence-corrected chi connectivity index (χ4v) is 4.39. The molecule has 3 nitrogen and oxygen atoms in total. The van der Waals surface area contributed by atoms with Crippen LogP contribution in [-0.2, 0) is 0 Å². The number of aromatic nitrogens is 2. The molecule has 3 rings (SSSR count). The van der Waals surface area contributed by atoms with Gasteiger partial charge in [-0.25, -0.2) is 4.98 Å². The minimum atomic E-state index is 0.484. The van der Waals surface area contributed by atoms with E-state index in [1.54, 1.807) is 0 Å². The molecule has 1 heterocycles. The summed E-state index contributed by atoms with van der Waals surface area (Å²) in [6.45, 7) is 7.20. The molecule has 3 heteroatoms. The van der Waals surface area contributed by atoms with Crippen molar-refractivity contribution in [2.75, 3.05) is 0 Å². The maximum Gasteiger partial charge on any atom is 0.0949 e. The Morgan fingerprint density at radius 1 is 1.05 bits per heavy atom. The average Bonchev–Trinajstić information content (AvgIpc) is 3.08. The lowest BCUT2D eigenvalue weighted by atomic mass is 9.71. The Bertz CT molecular complexity index is 424. The van der Waals surface area contributed by atoms with Crippen LogP contribution < -0.4 is 5.32 Å². The lowest BCUT2D eigenvalue weighted by Gasteiger charge is -2.38. The van der Waals surface area contributed by atoms with Gasteiger partial charge in [0.25, 0.3) is 0 Å². The summed E-state index contributed by atoms with van der Waals surface area (Å²) < 4.78 is 2.31. The first-order chi connectivity index (χ1) is 10.0. The highest BCUT2D eigenvalue weighted by atomic mass is 15.1. The Balaban J connectivity index is 1.53.